The second-order valence-electron chi connectivity index (χ2n) is 6.25. The van der Waals surface area contributed by atoms with E-state index < -0.39 is 0 Å². The van der Waals surface area contributed by atoms with Crippen molar-refractivity contribution in [1.29, 1.82) is 0 Å². The lowest BCUT2D eigenvalue weighted by molar-refractivity contribution is 0.280. The number of benzene rings is 2. The Morgan fingerprint density at radius 3 is 2.57 bits per heavy atom. The lowest BCUT2D eigenvalue weighted by atomic mass is 10.0. The smallest absolute Gasteiger partial charge is 0.214 e. The van der Waals surface area contributed by atoms with Gasteiger partial charge in [0, 0.05) is 17.2 Å². The van der Waals surface area contributed by atoms with Crippen LogP contribution in [-0.4, -0.2) is 33.4 Å². The van der Waals surface area contributed by atoms with E-state index in [0.29, 0.717) is 11.4 Å². The molecule has 0 fully saturated rings. The number of hydrogen-bond donors (Lipinski definition) is 2. The van der Waals surface area contributed by atoms with Crippen LogP contribution in [0.2, 0.25) is 5.02 Å². The molecule has 0 bridgehead atoms. The number of halogens is 1. The Bertz CT molecular complexity index is 1030. The Morgan fingerprint density at radius 2 is 1.93 bits per heavy atom. The standard InChI is InChI=1S/C20H19ClN4O2S/c1-27-16-8-4-13(5-9-16)17(10-11-26)22-19-24-25-12-18(23-20(25)28-19)14-2-6-15(21)7-3-14/h2-9,12,17,26H,10-11H2,1H3,(H,22,24). The summed E-state index contributed by atoms with van der Waals surface area (Å²) in [6, 6.07) is 15.3. The summed E-state index contributed by atoms with van der Waals surface area (Å²) in [7, 11) is 1.64. The van der Waals surface area contributed by atoms with Gasteiger partial charge in [-0.05, 0) is 36.2 Å². The van der Waals surface area contributed by atoms with Crippen LogP contribution in [0.1, 0.15) is 18.0 Å². The summed E-state index contributed by atoms with van der Waals surface area (Å²) in [5.74, 6) is 0.800. The minimum absolute atomic E-state index is 0.0532. The number of nitrogens with one attached hydrogen (secondary N) is 1. The van der Waals surface area contributed by atoms with Crippen LogP contribution in [0, 0.1) is 0 Å². The number of aromatic nitrogens is 3. The van der Waals surface area contributed by atoms with E-state index in [-0.39, 0.29) is 12.6 Å². The van der Waals surface area contributed by atoms with Crippen molar-refractivity contribution in [3.8, 4) is 17.0 Å². The van der Waals surface area contributed by atoms with Crippen molar-refractivity contribution in [2.75, 3.05) is 19.0 Å². The summed E-state index contributed by atoms with van der Waals surface area (Å²) in [6.07, 6.45) is 2.47. The van der Waals surface area contributed by atoms with Gasteiger partial charge in [0.05, 0.1) is 25.0 Å². The average molecular weight is 415 g/mol. The highest BCUT2D eigenvalue weighted by molar-refractivity contribution is 7.20. The molecule has 0 spiro atoms. The predicted molar refractivity (Wildman–Crippen MR) is 112 cm³/mol. The van der Waals surface area contributed by atoms with Gasteiger partial charge in [-0.25, -0.2) is 9.50 Å². The zero-order valence-electron chi connectivity index (χ0n) is 15.2. The number of fused-ring (bicyclic) bond motifs is 1. The molecule has 2 heterocycles. The largest absolute Gasteiger partial charge is 0.497 e. The van der Waals surface area contributed by atoms with Crippen LogP contribution in [-0.2, 0) is 0 Å². The molecule has 1 unspecified atom stereocenters. The fourth-order valence-corrected chi connectivity index (χ4v) is 3.91. The second kappa shape index (κ2) is 8.18. The number of anilines is 1. The molecule has 1 atom stereocenters. The first kappa shape index (κ1) is 18.7. The monoisotopic (exact) mass is 414 g/mol. The quantitative estimate of drug-likeness (QED) is 0.460. The molecule has 2 aromatic heterocycles. The van der Waals surface area contributed by atoms with E-state index in [4.69, 9.17) is 16.3 Å². The number of imidazole rings is 1. The highest BCUT2D eigenvalue weighted by Gasteiger charge is 2.15. The van der Waals surface area contributed by atoms with Gasteiger partial charge >= 0.3 is 0 Å². The molecule has 2 N–H and O–H groups in total. The molecule has 0 aliphatic rings. The van der Waals surface area contributed by atoms with E-state index in [9.17, 15) is 5.11 Å². The van der Waals surface area contributed by atoms with Gasteiger partial charge in [0.1, 0.15) is 5.75 Å². The lowest BCUT2D eigenvalue weighted by Crippen LogP contribution is -2.12. The normalized spacial score (nSPS) is 12.2. The molecule has 8 heteroatoms. The molecule has 6 nitrogen and oxygen atoms in total. The summed E-state index contributed by atoms with van der Waals surface area (Å²) in [5.41, 5.74) is 2.90. The van der Waals surface area contributed by atoms with Crippen LogP contribution < -0.4 is 10.1 Å². The summed E-state index contributed by atoms with van der Waals surface area (Å²) in [6.45, 7) is 0.0763. The molecule has 0 saturated carbocycles. The van der Waals surface area contributed by atoms with Gasteiger partial charge in [-0.3, -0.25) is 0 Å². The molecule has 0 aliphatic heterocycles. The molecule has 0 radical (unpaired) electrons. The van der Waals surface area contributed by atoms with E-state index in [1.54, 1.807) is 11.6 Å². The van der Waals surface area contributed by atoms with Crippen molar-refractivity contribution >= 4 is 33.0 Å². The first-order valence-corrected chi connectivity index (χ1v) is 9.99. The third-order valence-corrected chi connectivity index (χ3v) is 5.52. The number of hydrogen-bond acceptors (Lipinski definition) is 6. The number of methoxy groups -OCH3 is 1. The number of aliphatic hydroxyl groups is 1. The van der Waals surface area contributed by atoms with Crippen molar-refractivity contribution < 1.29 is 9.84 Å². The van der Waals surface area contributed by atoms with Gasteiger partial charge in [0.25, 0.3) is 0 Å². The minimum atomic E-state index is -0.0532. The van der Waals surface area contributed by atoms with Gasteiger partial charge in [0.15, 0.2) is 0 Å². The summed E-state index contributed by atoms with van der Waals surface area (Å²) in [5, 5.41) is 18.9. The van der Waals surface area contributed by atoms with Gasteiger partial charge in [-0.15, -0.1) is 5.10 Å². The molecular weight excluding hydrogens is 396 g/mol. The Hall–Kier alpha value is -2.61. The Labute approximate surface area is 171 Å². The van der Waals surface area contributed by atoms with E-state index in [0.717, 1.165) is 32.7 Å². The van der Waals surface area contributed by atoms with E-state index in [2.05, 4.69) is 15.4 Å². The molecular formula is C20H19ClN4O2S. The van der Waals surface area contributed by atoms with Crippen molar-refractivity contribution in [3.05, 3.63) is 65.3 Å². The topological polar surface area (TPSA) is 71.7 Å². The summed E-state index contributed by atoms with van der Waals surface area (Å²) < 4.78 is 6.98. The van der Waals surface area contributed by atoms with E-state index >= 15 is 0 Å². The van der Waals surface area contributed by atoms with Crippen LogP contribution >= 0.6 is 22.9 Å². The number of rotatable bonds is 7. The maximum atomic E-state index is 9.45. The van der Waals surface area contributed by atoms with Crippen LogP contribution in [0.5, 0.6) is 5.75 Å². The minimum Gasteiger partial charge on any atom is -0.497 e. The molecule has 144 valence electrons. The predicted octanol–water partition coefficient (Wildman–Crippen LogP) is 4.66. The number of ether oxygens (including phenoxy) is 1. The highest BCUT2D eigenvalue weighted by Crippen LogP contribution is 2.29. The average Bonchev–Trinajstić information content (AvgIpc) is 3.27. The Morgan fingerprint density at radius 1 is 1.18 bits per heavy atom. The third kappa shape index (κ3) is 3.96. The maximum absolute atomic E-state index is 9.45. The first-order valence-electron chi connectivity index (χ1n) is 8.80. The third-order valence-electron chi connectivity index (χ3n) is 4.42. The Kier molecular flexibility index (Phi) is 5.47. The molecule has 0 saturated heterocycles. The van der Waals surface area contributed by atoms with Crippen molar-refractivity contribution in [2.24, 2.45) is 0 Å². The van der Waals surface area contributed by atoms with Gasteiger partial charge in [0.2, 0.25) is 10.1 Å². The van der Waals surface area contributed by atoms with Gasteiger partial charge in [-0.1, -0.05) is 47.2 Å². The first-order chi connectivity index (χ1) is 13.7. The van der Waals surface area contributed by atoms with Crippen molar-refractivity contribution in [2.45, 2.75) is 12.5 Å². The van der Waals surface area contributed by atoms with Gasteiger partial charge in [-0.2, -0.15) is 0 Å². The molecule has 0 aliphatic carbocycles. The fraction of sp³-hybridized carbons (Fsp3) is 0.200. The van der Waals surface area contributed by atoms with Crippen LogP contribution in [0.3, 0.4) is 0 Å². The van der Waals surface area contributed by atoms with Crippen LogP contribution in [0.4, 0.5) is 5.13 Å². The van der Waals surface area contributed by atoms with E-state index in [1.165, 1.54) is 11.3 Å². The molecule has 0 amide bonds. The lowest BCUT2D eigenvalue weighted by Gasteiger charge is -2.17. The zero-order chi connectivity index (χ0) is 19.5. The van der Waals surface area contributed by atoms with Crippen LogP contribution in [0.15, 0.2) is 54.7 Å². The second-order valence-corrected chi connectivity index (χ2v) is 7.64. The van der Waals surface area contributed by atoms with Gasteiger partial charge < -0.3 is 15.2 Å². The fourth-order valence-electron chi connectivity index (χ4n) is 2.95. The van der Waals surface area contributed by atoms with Crippen molar-refractivity contribution in [3.63, 3.8) is 0 Å². The Balaban J connectivity index is 1.55. The maximum Gasteiger partial charge on any atom is 0.214 e. The molecule has 28 heavy (non-hydrogen) atoms. The highest BCUT2D eigenvalue weighted by atomic mass is 35.5. The summed E-state index contributed by atoms with van der Waals surface area (Å²) in [4.78, 5) is 5.45. The molecule has 4 aromatic rings. The molecule has 4 rings (SSSR count). The zero-order valence-corrected chi connectivity index (χ0v) is 16.7. The van der Waals surface area contributed by atoms with E-state index in [1.807, 2.05) is 54.7 Å². The van der Waals surface area contributed by atoms with Crippen molar-refractivity contribution in [1.82, 2.24) is 14.6 Å². The SMILES string of the molecule is COc1ccc(C(CCO)Nc2nn3cc(-c4ccc(Cl)cc4)nc3s2)cc1. The van der Waals surface area contributed by atoms with Crippen LogP contribution in [0.25, 0.3) is 16.2 Å². The molecule has 2 aromatic carbocycles. The number of nitrogens with zero attached hydrogens (tertiary/aromatic N) is 3. The summed E-state index contributed by atoms with van der Waals surface area (Å²) >= 11 is 7.42. The number of aliphatic hydroxyl groups excluding tert-OH is 1.